The molecule has 1 aromatic heterocycles. The van der Waals surface area contributed by atoms with Gasteiger partial charge in [-0.2, -0.15) is 5.26 Å². The number of aldehydes is 1. The fraction of sp³-hybridized carbons (Fsp3) is 0.125. The number of halogens is 2. The van der Waals surface area contributed by atoms with Gasteiger partial charge in [-0.3, -0.25) is 9.78 Å². The van der Waals surface area contributed by atoms with Crippen molar-refractivity contribution in [2.75, 3.05) is 5.73 Å². The van der Waals surface area contributed by atoms with Crippen molar-refractivity contribution in [3.05, 3.63) is 23.0 Å². The number of nitrogens with two attached hydrogens (primary N) is 1. The third-order valence-electron chi connectivity index (χ3n) is 1.62. The maximum Gasteiger partial charge on any atom is 0.281 e. The average molecular weight is 197 g/mol. The molecule has 0 unspecified atom stereocenters. The summed E-state index contributed by atoms with van der Waals surface area (Å²) in [5.41, 5.74) is 3.86. The second-order valence-corrected chi connectivity index (χ2v) is 2.42. The van der Waals surface area contributed by atoms with Crippen molar-refractivity contribution >= 4 is 12.0 Å². The van der Waals surface area contributed by atoms with E-state index in [4.69, 9.17) is 11.0 Å². The number of nitrogen functional groups attached to an aromatic ring is 1. The van der Waals surface area contributed by atoms with Gasteiger partial charge in [-0.15, -0.1) is 0 Å². The Bertz CT molecular complexity index is 412. The summed E-state index contributed by atoms with van der Waals surface area (Å²) in [4.78, 5) is 13.7. The number of nitriles is 1. The summed E-state index contributed by atoms with van der Waals surface area (Å²) in [6, 6.07) is 1.49. The summed E-state index contributed by atoms with van der Waals surface area (Å²) in [5.74, 6) is 0. The van der Waals surface area contributed by atoms with Crippen molar-refractivity contribution in [3.8, 4) is 6.07 Å². The number of rotatable bonds is 2. The molecular formula is C8H5F2N3O. The molecule has 0 aromatic carbocycles. The Balaban J connectivity index is 3.45. The lowest BCUT2D eigenvalue weighted by Gasteiger charge is -2.05. The van der Waals surface area contributed by atoms with Gasteiger partial charge in [0.1, 0.15) is 17.3 Å². The maximum atomic E-state index is 12.3. The summed E-state index contributed by atoms with van der Waals surface area (Å²) in [6.07, 6.45) is -1.60. The molecule has 14 heavy (non-hydrogen) atoms. The van der Waals surface area contributed by atoms with Gasteiger partial charge in [0, 0.05) is 6.20 Å². The van der Waals surface area contributed by atoms with Gasteiger partial charge in [0.15, 0.2) is 6.29 Å². The van der Waals surface area contributed by atoms with Crippen LogP contribution in [-0.4, -0.2) is 11.3 Å². The molecule has 0 aliphatic carbocycles. The predicted molar refractivity (Wildman–Crippen MR) is 43.7 cm³/mol. The molecule has 0 amide bonds. The van der Waals surface area contributed by atoms with E-state index >= 15 is 0 Å². The minimum Gasteiger partial charge on any atom is -0.397 e. The second-order valence-electron chi connectivity index (χ2n) is 2.42. The highest BCUT2D eigenvalue weighted by molar-refractivity contribution is 5.85. The molecule has 4 nitrogen and oxygen atoms in total. The highest BCUT2D eigenvalue weighted by Crippen LogP contribution is 2.25. The fourth-order valence-corrected chi connectivity index (χ4v) is 0.932. The van der Waals surface area contributed by atoms with E-state index in [-0.39, 0.29) is 11.3 Å². The SMILES string of the molecule is N#Cc1c(C(F)F)ncc(C=O)c1N. The van der Waals surface area contributed by atoms with Crippen molar-refractivity contribution in [2.45, 2.75) is 6.43 Å². The summed E-state index contributed by atoms with van der Waals surface area (Å²) in [5, 5.41) is 8.55. The molecule has 0 saturated carbocycles. The van der Waals surface area contributed by atoms with Crippen molar-refractivity contribution in [2.24, 2.45) is 0 Å². The quantitative estimate of drug-likeness (QED) is 0.724. The van der Waals surface area contributed by atoms with Crippen LogP contribution in [0.1, 0.15) is 28.0 Å². The van der Waals surface area contributed by atoms with Gasteiger partial charge in [-0.05, 0) is 0 Å². The minimum absolute atomic E-state index is 0.0639. The van der Waals surface area contributed by atoms with E-state index in [0.29, 0.717) is 6.29 Å². The van der Waals surface area contributed by atoms with Crippen molar-refractivity contribution < 1.29 is 13.6 Å². The first-order valence-electron chi connectivity index (χ1n) is 3.53. The van der Waals surface area contributed by atoms with Gasteiger partial charge >= 0.3 is 0 Å². The number of nitrogens with zero attached hydrogens (tertiary/aromatic N) is 2. The van der Waals surface area contributed by atoms with Crippen LogP contribution in [0, 0.1) is 11.3 Å². The van der Waals surface area contributed by atoms with Crippen molar-refractivity contribution in [1.82, 2.24) is 4.98 Å². The van der Waals surface area contributed by atoms with Crippen LogP contribution < -0.4 is 5.73 Å². The number of hydrogen-bond donors (Lipinski definition) is 1. The fourth-order valence-electron chi connectivity index (χ4n) is 0.932. The molecule has 0 fully saturated rings. The summed E-state index contributed by atoms with van der Waals surface area (Å²) >= 11 is 0. The van der Waals surface area contributed by atoms with Crippen LogP contribution in [0.5, 0.6) is 0 Å². The van der Waals surface area contributed by atoms with E-state index in [1.54, 1.807) is 0 Å². The Morgan fingerprint density at radius 1 is 1.64 bits per heavy atom. The molecule has 72 valence electrons. The first-order chi connectivity index (χ1) is 6.61. The number of alkyl halides is 2. The van der Waals surface area contributed by atoms with Crippen LogP contribution in [0.2, 0.25) is 0 Å². The summed E-state index contributed by atoms with van der Waals surface area (Å²) in [7, 11) is 0. The molecule has 0 bridgehead atoms. The maximum absolute atomic E-state index is 12.3. The molecule has 6 heteroatoms. The van der Waals surface area contributed by atoms with Gasteiger partial charge in [0.25, 0.3) is 6.43 Å². The van der Waals surface area contributed by atoms with Crippen LogP contribution in [0.3, 0.4) is 0 Å². The zero-order valence-corrected chi connectivity index (χ0v) is 6.87. The van der Waals surface area contributed by atoms with Crippen LogP contribution in [-0.2, 0) is 0 Å². The van der Waals surface area contributed by atoms with E-state index in [1.807, 2.05) is 0 Å². The Morgan fingerprint density at radius 2 is 2.29 bits per heavy atom. The van der Waals surface area contributed by atoms with Gasteiger partial charge in [0.2, 0.25) is 0 Å². The molecular weight excluding hydrogens is 192 g/mol. The molecule has 1 rings (SSSR count). The largest absolute Gasteiger partial charge is 0.397 e. The Morgan fingerprint density at radius 3 is 2.71 bits per heavy atom. The van der Waals surface area contributed by atoms with E-state index < -0.39 is 17.7 Å². The molecule has 0 spiro atoms. The van der Waals surface area contributed by atoms with E-state index in [0.717, 1.165) is 6.20 Å². The number of aromatic nitrogens is 1. The Labute approximate surface area is 78.0 Å². The molecule has 1 aromatic rings. The predicted octanol–water partition coefficient (Wildman–Crippen LogP) is 1.29. The molecule has 1 heterocycles. The van der Waals surface area contributed by atoms with Gasteiger partial charge in [-0.25, -0.2) is 8.78 Å². The van der Waals surface area contributed by atoms with Gasteiger partial charge in [-0.1, -0.05) is 0 Å². The van der Waals surface area contributed by atoms with E-state index in [2.05, 4.69) is 4.98 Å². The Hall–Kier alpha value is -2.03. The third kappa shape index (κ3) is 1.52. The van der Waals surface area contributed by atoms with Crippen molar-refractivity contribution in [1.29, 1.82) is 5.26 Å². The standard InChI is InChI=1S/C8H5F2N3O/c9-8(10)7-5(1-11)6(12)4(3-14)2-13-7/h2-3,8H,(H2,12,13). The average Bonchev–Trinajstić information content (AvgIpc) is 2.17. The molecule has 0 saturated heterocycles. The summed E-state index contributed by atoms with van der Waals surface area (Å²) < 4.78 is 24.5. The van der Waals surface area contributed by atoms with Gasteiger partial charge < -0.3 is 5.73 Å². The second kappa shape index (κ2) is 3.79. The van der Waals surface area contributed by atoms with E-state index in [9.17, 15) is 13.6 Å². The van der Waals surface area contributed by atoms with Crippen LogP contribution in [0.25, 0.3) is 0 Å². The molecule has 0 aliphatic rings. The zero-order valence-electron chi connectivity index (χ0n) is 6.87. The molecule has 2 N–H and O–H groups in total. The Kier molecular flexibility index (Phi) is 2.72. The molecule has 0 radical (unpaired) electrons. The number of pyridine rings is 1. The summed E-state index contributed by atoms with van der Waals surface area (Å²) in [6.45, 7) is 0. The smallest absolute Gasteiger partial charge is 0.281 e. The van der Waals surface area contributed by atoms with Crippen LogP contribution >= 0.6 is 0 Å². The normalized spacial score (nSPS) is 9.86. The van der Waals surface area contributed by atoms with Crippen LogP contribution in [0.15, 0.2) is 6.20 Å². The monoisotopic (exact) mass is 197 g/mol. The lowest BCUT2D eigenvalue weighted by molar-refractivity contribution is 0.112. The number of carbonyl (C=O) groups is 1. The lowest BCUT2D eigenvalue weighted by atomic mass is 10.1. The molecule has 0 atom stereocenters. The number of anilines is 1. The van der Waals surface area contributed by atoms with Crippen LogP contribution in [0.4, 0.5) is 14.5 Å². The third-order valence-corrected chi connectivity index (χ3v) is 1.62. The van der Waals surface area contributed by atoms with Gasteiger partial charge in [0.05, 0.1) is 11.3 Å². The first-order valence-corrected chi connectivity index (χ1v) is 3.53. The minimum atomic E-state index is -2.88. The van der Waals surface area contributed by atoms with E-state index in [1.165, 1.54) is 6.07 Å². The highest BCUT2D eigenvalue weighted by atomic mass is 19.3. The lowest BCUT2D eigenvalue weighted by Crippen LogP contribution is -2.04. The highest BCUT2D eigenvalue weighted by Gasteiger charge is 2.18. The number of carbonyl (C=O) groups excluding carboxylic acids is 1. The van der Waals surface area contributed by atoms with Crippen molar-refractivity contribution in [3.63, 3.8) is 0 Å². The zero-order chi connectivity index (χ0) is 10.7. The first kappa shape index (κ1) is 10.1. The number of hydrogen-bond acceptors (Lipinski definition) is 4. The topological polar surface area (TPSA) is 79.8 Å². The molecule has 0 aliphatic heterocycles.